The molecule has 1 aliphatic rings. The number of hydrogen-bond acceptors (Lipinski definition) is 2. The Balaban J connectivity index is 0.000000924. The molecule has 5 heteroatoms. The Hall–Kier alpha value is -1.91. The van der Waals surface area contributed by atoms with Crippen molar-refractivity contribution in [3.8, 4) is 11.1 Å². The van der Waals surface area contributed by atoms with Crippen molar-refractivity contribution in [2.24, 2.45) is 7.05 Å². The second kappa shape index (κ2) is 7.11. The molecule has 0 radical (unpaired) electrons. The first kappa shape index (κ1) is 17.4. The van der Waals surface area contributed by atoms with Gasteiger partial charge in [-0.1, -0.05) is 13.8 Å². The third-order valence-corrected chi connectivity index (χ3v) is 4.36. The Bertz CT molecular complexity index is 677. The number of alkyl halides is 2. The number of benzene rings is 1. The van der Waals surface area contributed by atoms with Crippen LogP contribution in [0.3, 0.4) is 0 Å². The molecule has 3 nitrogen and oxygen atoms in total. The van der Waals surface area contributed by atoms with Crippen LogP contribution in [0.5, 0.6) is 0 Å². The van der Waals surface area contributed by atoms with Gasteiger partial charge in [0.25, 0.3) is 6.43 Å². The van der Waals surface area contributed by atoms with E-state index in [4.69, 9.17) is 0 Å². The van der Waals surface area contributed by atoms with Crippen molar-refractivity contribution in [2.75, 3.05) is 18.5 Å². The molecule has 1 aromatic heterocycles. The minimum Gasteiger partial charge on any atom is -0.374 e. The second-order valence-corrected chi connectivity index (χ2v) is 5.66. The van der Waals surface area contributed by atoms with Crippen LogP contribution in [-0.4, -0.2) is 23.4 Å². The van der Waals surface area contributed by atoms with Crippen molar-refractivity contribution < 1.29 is 8.78 Å². The number of nitrogens with zero attached hydrogens (tertiary/aromatic N) is 3. The van der Waals surface area contributed by atoms with E-state index in [9.17, 15) is 8.78 Å². The molecule has 2 aromatic rings. The molecule has 126 valence electrons. The van der Waals surface area contributed by atoms with Crippen LogP contribution in [0.1, 0.15) is 43.5 Å². The zero-order valence-corrected chi connectivity index (χ0v) is 14.5. The fourth-order valence-corrected chi connectivity index (χ4v) is 3.01. The van der Waals surface area contributed by atoms with E-state index < -0.39 is 6.43 Å². The van der Waals surface area contributed by atoms with Gasteiger partial charge < -0.3 is 4.90 Å². The summed E-state index contributed by atoms with van der Waals surface area (Å²) in [4.78, 5) is 2.06. The highest BCUT2D eigenvalue weighted by Crippen LogP contribution is 2.39. The summed E-state index contributed by atoms with van der Waals surface area (Å²) in [6.07, 6.45) is 1.19. The van der Waals surface area contributed by atoms with Gasteiger partial charge in [0.2, 0.25) is 0 Å². The van der Waals surface area contributed by atoms with Gasteiger partial charge in [0.1, 0.15) is 0 Å². The smallest absolute Gasteiger partial charge is 0.264 e. The van der Waals surface area contributed by atoms with E-state index in [-0.39, 0.29) is 5.56 Å². The van der Waals surface area contributed by atoms with Crippen molar-refractivity contribution in [3.63, 3.8) is 0 Å². The summed E-state index contributed by atoms with van der Waals surface area (Å²) >= 11 is 0. The van der Waals surface area contributed by atoms with Gasteiger partial charge in [0, 0.05) is 43.1 Å². The molecule has 23 heavy (non-hydrogen) atoms. The van der Waals surface area contributed by atoms with Crippen molar-refractivity contribution in [2.45, 2.75) is 40.0 Å². The largest absolute Gasteiger partial charge is 0.374 e. The summed E-state index contributed by atoms with van der Waals surface area (Å²) in [6.45, 7) is 6.82. The summed E-state index contributed by atoms with van der Waals surface area (Å²) in [5, 5.41) is 4.18. The fraction of sp³-hybridized carbons (Fsp3) is 0.500. The molecule has 1 aliphatic heterocycles. The quantitative estimate of drug-likeness (QED) is 0.796. The van der Waals surface area contributed by atoms with Crippen molar-refractivity contribution in [3.05, 3.63) is 35.2 Å². The Labute approximate surface area is 136 Å². The van der Waals surface area contributed by atoms with E-state index in [0.29, 0.717) is 5.56 Å². The zero-order chi connectivity index (χ0) is 17.1. The van der Waals surface area contributed by atoms with Crippen LogP contribution in [0.25, 0.3) is 11.1 Å². The molecule has 0 fully saturated rings. The van der Waals surface area contributed by atoms with Gasteiger partial charge in [0.15, 0.2) is 0 Å². The highest BCUT2D eigenvalue weighted by atomic mass is 19.3. The van der Waals surface area contributed by atoms with Crippen LogP contribution in [0, 0.1) is 6.92 Å². The minimum absolute atomic E-state index is 0.0959. The highest BCUT2D eigenvalue weighted by Gasteiger charge is 2.23. The van der Waals surface area contributed by atoms with Gasteiger partial charge in [-0.25, -0.2) is 8.78 Å². The molecule has 3 rings (SSSR count). The first-order valence-corrected chi connectivity index (χ1v) is 8.14. The maximum absolute atomic E-state index is 13.5. The number of halogens is 2. The van der Waals surface area contributed by atoms with E-state index in [2.05, 4.69) is 10.00 Å². The number of hydrogen-bond donors (Lipinski definition) is 0. The summed E-state index contributed by atoms with van der Waals surface area (Å²) in [6, 6.07) is 3.58. The third-order valence-electron chi connectivity index (χ3n) is 4.36. The van der Waals surface area contributed by atoms with Gasteiger partial charge in [-0.2, -0.15) is 5.10 Å². The first-order valence-electron chi connectivity index (χ1n) is 8.14. The number of aromatic nitrogens is 2. The second-order valence-electron chi connectivity index (χ2n) is 5.66. The maximum atomic E-state index is 13.5. The lowest BCUT2D eigenvalue weighted by molar-refractivity contribution is 0.152. The fourth-order valence-electron chi connectivity index (χ4n) is 3.01. The van der Waals surface area contributed by atoms with E-state index in [0.717, 1.165) is 41.9 Å². The lowest BCUT2D eigenvalue weighted by Crippen LogP contribution is -2.25. The van der Waals surface area contributed by atoms with Crippen molar-refractivity contribution in [1.82, 2.24) is 9.78 Å². The predicted molar refractivity (Wildman–Crippen MR) is 91.3 cm³/mol. The Morgan fingerprint density at radius 3 is 2.39 bits per heavy atom. The molecule has 0 unspecified atom stereocenters. The average molecular weight is 321 g/mol. The number of fused-ring (bicyclic) bond motifs is 1. The Kier molecular flexibility index (Phi) is 5.39. The van der Waals surface area contributed by atoms with Crippen molar-refractivity contribution in [1.29, 1.82) is 0 Å². The van der Waals surface area contributed by atoms with Crippen LogP contribution < -0.4 is 4.90 Å². The SMILES string of the molecule is CC.Cc1c(-c2cc3c(cc2C(F)F)N(C)CCC3)cnn1C. The predicted octanol–water partition coefficient (Wildman–Crippen LogP) is 4.74. The summed E-state index contributed by atoms with van der Waals surface area (Å²) < 4.78 is 28.7. The molecule has 0 saturated carbocycles. The van der Waals surface area contributed by atoms with Gasteiger partial charge in [-0.05, 0) is 43.0 Å². The molecule has 0 aliphatic carbocycles. The normalized spacial score (nSPS) is 13.7. The highest BCUT2D eigenvalue weighted by molar-refractivity contribution is 5.75. The van der Waals surface area contributed by atoms with Crippen LogP contribution >= 0.6 is 0 Å². The molecule has 0 spiro atoms. The summed E-state index contributed by atoms with van der Waals surface area (Å²) in [5.41, 5.74) is 4.49. The molecule has 2 heterocycles. The molecule has 0 atom stereocenters. The summed E-state index contributed by atoms with van der Waals surface area (Å²) in [7, 11) is 3.79. The average Bonchev–Trinajstić information content (AvgIpc) is 2.88. The van der Waals surface area contributed by atoms with Gasteiger partial charge in [-0.15, -0.1) is 0 Å². The van der Waals surface area contributed by atoms with Crippen LogP contribution in [0.15, 0.2) is 18.3 Å². The molecule has 1 aromatic carbocycles. The van der Waals surface area contributed by atoms with Crippen molar-refractivity contribution >= 4 is 5.69 Å². The molecular formula is C18H25F2N3. The molecule has 0 N–H and O–H groups in total. The van der Waals surface area contributed by atoms with Crippen LogP contribution in [0.2, 0.25) is 0 Å². The third kappa shape index (κ3) is 3.23. The number of anilines is 1. The Morgan fingerprint density at radius 1 is 1.13 bits per heavy atom. The minimum atomic E-state index is -2.49. The number of rotatable bonds is 2. The van der Waals surface area contributed by atoms with E-state index >= 15 is 0 Å². The standard InChI is InChI=1S/C16H19F2N3.C2H6/c1-10-14(9-19-21(10)3)12-7-11-5-4-6-20(2)15(11)8-13(12)16(17)18;1-2/h7-9,16H,4-6H2,1-3H3;1-2H3. The number of aryl methyl sites for hydroxylation is 2. The van der Waals surface area contributed by atoms with Gasteiger partial charge in [-0.3, -0.25) is 4.68 Å². The monoisotopic (exact) mass is 321 g/mol. The van der Waals surface area contributed by atoms with Gasteiger partial charge >= 0.3 is 0 Å². The summed E-state index contributed by atoms with van der Waals surface area (Å²) in [5.74, 6) is 0. The molecule has 0 amide bonds. The van der Waals surface area contributed by atoms with Crippen LogP contribution in [0.4, 0.5) is 14.5 Å². The van der Waals surface area contributed by atoms with E-state index in [1.165, 1.54) is 0 Å². The van der Waals surface area contributed by atoms with E-state index in [1.54, 1.807) is 16.9 Å². The maximum Gasteiger partial charge on any atom is 0.264 e. The van der Waals surface area contributed by atoms with E-state index in [1.807, 2.05) is 40.9 Å². The lowest BCUT2D eigenvalue weighted by atomic mass is 9.92. The molecule has 0 saturated heterocycles. The Morgan fingerprint density at radius 2 is 1.83 bits per heavy atom. The lowest BCUT2D eigenvalue weighted by Gasteiger charge is -2.29. The molecular weight excluding hydrogens is 296 g/mol. The van der Waals surface area contributed by atoms with Gasteiger partial charge in [0.05, 0.1) is 6.20 Å². The van der Waals surface area contributed by atoms with Crippen LogP contribution in [-0.2, 0) is 13.5 Å². The molecule has 0 bridgehead atoms. The zero-order valence-electron chi connectivity index (χ0n) is 14.5. The first-order chi connectivity index (χ1) is 11.0. The topological polar surface area (TPSA) is 21.1 Å².